The summed E-state index contributed by atoms with van der Waals surface area (Å²) in [7, 11) is 0. The van der Waals surface area contributed by atoms with E-state index in [2.05, 4.69) is 24.1 Å². The summed E-state index contributed by atoms with van der Waals surface area (Å²) in [5.74, 6) is 1.26. The van der Waals surface area contributed by atoms with Crippen molar-refractivity contribution in [1.29, 1.82) is 0 Å². The van der Waals surface area contributed by atoms with Gasteiger partial charge >= 0.3 is 0 Å². The summed E-state index contributed by atoms with van der Waals surface area (Å²) in [6.45, 7) is 4.73. The topological polar surface area (TPSA) is 38.1 Å². The lowest BCUT2D eigenvalue weighted by molar-refractivity contribution is 0.459. The van der Waals surface area contributed by atoms with E-state index in [1.165, 1.54) is 0 Å². The van der Waals surface area contributed by atoms with Gasteiger partial charge in [0, 0.05) is 16.6 Å². The molecule has 0 amide bonds. The molecule has 0 aliphatic heterocycles. The average Bonchev–Trinajstić information content (AvgIpc) is 2.78. The van der Waals surface area contributed by atoms with Crippen molar-refractivity contribution in [2.45, 2.75) is 26.4 Å². The van der Waals surface area contributed by atoms with Gasteiger partial charge in [-0.2, -0.15) is 0 Å². The van der Waals surface area contributed by atoms with Gasteiger partial charge in [0.05, 0.1) is 17.8 Å². The first-order chi connectivity index (χ1) is 8.56. The quantitative estimate of drug-likeness (QED) is 0.917. The Balaban J connectivity index is 2.21. The highest BCUT2D eigenvalue weighted by atomic mass is 35.5. The number of oxazole rings is 1. The maximum absolute atomic E-state index is 6.11. The Morgan fingerprint density at radius 2 is 2.11 bits per heavy atom. The third-order valence-corrected chi connectivity index (χ3v) is 2.97. The van der Waals surface area contributed by atoms with Crippen LogP contribution in [0, 0.1) is 0 Å². The number of benzene rings is 1. The second-order valence-corrected chi connectivity index (χ2v) is 5.12. The number of aromatic nitrogens is 1. The molecule has 0 unspecified atom stereocenters. The fraction of sp³-hybridized carbons (Fsp3) is 0.308. The molecule has 1 aromatic heterocycles. The van der Waals surface area contributed by atoms with Gasteiger partial charge in [-0.05, 0) is 18.2 Å². The van der Waals surface area contributed by atoms with Gasteiger partial charge in [-0.1, -0.05) is 37.0 Å². The third-order valence-electron chi connectivity index (χ3n) is 2.41. The van der Waals surface area contributed by atoms with Gasteiger partial charge in [0.1, 0.15) is 0 Å². The number of rotatable bonds is 4. The van der Waals surface area contributed by atoms with Gasteiger partial charge in [0.2, 0.25) is 5.89 Å². The number of halogens is 2. The van der Waals surface area contributed by atoms with Crippen molar-refractivity contribution >= 4 is 23.2 Å². The molecule has 3 nitrogen and oxygen atoms in total. The number of hydrogen-bond acceptors (Lipinski definition) is 3. The summed E-state index contributed by atoms with van der Waals surface area (Å²) in [5, 5.41) is 4.45. The average molecular weight is 285 g/mol. The van der Waals surface area contributed by atoms with E-state index >= 15 is 0 Å². The lowest BCUT2D eigenvalue weighted by Gasteiger charge is -2.04. The lowest BCUT2D eigenvalue weighted by atomic mass is 10.2. The van der Waals surface area contributed by atoms with Gasteiger partial charge in [-0.15, -0.1) is 0 Å². The van der Waals surface area contributed by atoms with Crippen molar-refractivity contribution in [3.05, 3.63) is 40.3 Å². The molecule has 2 rings (SSSR count). The molecule has 0 atom stereocenters. The molecule has 1 N–H and O–H groups in total. The molecule has 1 aromatic carbocycles. The van der Waals surface area contributed by atoms with Crippen LogP contribution in [0.3, 0.4) is 0 Å². The molecule has 0 aliphatic rings. The second kappa shape index (κ2) is 5.74. The summed E-state index contributed by atoms with van der Waals surface area (Å²) >= 11 is 12.0. The van der Waals surface area contributed by atoms with E-state index < -0.39 is 0 Å². The van der Waals surface area contributed by atoms with Crippen LogP contribution >= 0.6 is 23.2 Å². The molecule has 0 saturated carbocycles. The largest absolute Gasteiger partial charge is 0.439 e. The zero-order valence-electron chi connectivity index (χ0n) is 10.2. The van der Waals surface area contributed by atoms with Crippen LogP contribution in [-0.4, -0.2) is 11.0 Å². The van der Waals surface area contributed by atoms with Crippen molar-refractivity contribution in [1.82, 2.24) is 10.3 Å². The van der Waals surface area contributed by atoms with Crippen LogP contribution in [0.25, 0.3) is 11.3 Å². The summed E-state index contributed by atoms with van der Waals surface area (Å²) in [5.41, 5.74) is 0.757. The maximum Gasteiger partial charge on any atom is 0.208 e. The van der Waals surface area contributed by atoms with Gasteiger partial charge in [-0.3, -0.25) is 0 Å². The molecule has 0 radical (unpaired) electrons. The molecule has 0 fully saturated rings. The molecule has 0 aliphatic carbocycles. The Morgan fingerprint density at radius 3 is 2.83 bits per heavy atom. The fourth-order valence-corrected chi connectivity index (χ4v) is 1.88. The normalized spacial score (nSPS) is 11.2. The van der Waals surface area contributed by atoms with Crippen molar-refractivity contribution in [2.24, 2.45) is 0 Å². The lowest BCUT2D eigenvalue weighted by Crippen LogP contribution is -2.21. The van der Waals surface area contributed by atoms with Gasteiger partial charge < -0.3 is 9.73 Å². The zero-order chi connectivity index (χ0) is 13.1. The highest BCUT2D eigenvalue weighted by Gasteiger charge is 2.10. The van der Waals surface area contributed by atoms with Gasteiger partial charge in [0.15, 0.2) is 5.76 Å². The highest BCUT2D eigenvalue weighted by molar-refractivity contribution is 6.35. The van der Waals surface area contributed by atoms with Crippen molar-refractivity contribution in [3.8, 4) is 11.3 Å². The Hall–Kier alpha value is -1.03. The van der Waals surface area contributed by atoms with E-state index in [1.807, 2.05) is 0 Å². The van der Waals surface area contributed by atoms with Crippen LogP contribution < -0.4 is 5.32 Å². The van der Waals surface area contributed by atoms with E-state index in [-0.39, 0.29) is 0 Å². The van der Waals surface area contributed by atoms with Crippen LogP contribution in [-0.2, 0) is 6.54 Å². The molecular formula is C13H14Cl2N2O. The first-order valence-electron chi connectivity index (χ1n) is 5.70. The Labute approximate surface area is 116 Å². The first-order valence-corrected chi connectivity index (χ1v) is 6.45. The minimum absolute atomic E-state index is 0.384. The standard InChI is InChI=1S/C13H14Cl2N2O/c1-8(2)16-7-13-17-6-12(18-13)10-5-9(14)3-4-11(10)15/h3-6,8,16H,7H2,1-2H3. The summed E-state index contributed by atoms with van der Waals surface area (Å²) < 4.78 is 5.64. The number of nitrogens with one attached hydrogen (secondary N) is 1. The van der Waals surface area contributed by atoms with E-state index in [1.54, 1.807) is 24.4 Å². The van der Waals surface area contributed by atoms with Gasteiger partial charge in [-0.25, -0.2) is 4.98 Å². The van der Waals surface area contributed by atoms with Crippen LogP contribution in [0.2, 0.25) is 10.0 Å². The fourth-order valence-electron chi connectivity index (χ4n) is 1.49. The Morgan fingerprint density at radius 1 is 1.33 bits per heavy atom. The molecule has 2 aromatic rings. The van der Waals surface area contributed by atoms with Crippen LogP contribution in [0.15, 0.2) is 28.8 Å². The molecule has 18 heavy (non-hydrogen) atoms. The maximum atomic E-state index is 6.11. The van der Waals surface area contributed by atoms with Gasteiger partial charge in [0.25, 0.3) is 0 Å². The Kier molecular flexibility index (Phi) is 4.27. The first kappa shape index (κ1) is 13.4. The van der Waals surface area contributed by atoms with E-state index in [0.717, 1.165) is 5.56 Å². The molecular weight excluding hydrogens is 271 g/mol. The number of nitrogens with zero attached hydrogens (tertiary/aromatic N) is 1. The molecule has 5 heteroatoms. The molecule has 0 bridgehead atoms. The Bertz CT molecular complexity index is 538. The van der Waals surface area contributed by atoms with Crippen LogP contribution in [0.5, 0.6) is 0 Å². The van der Waals surface area contributed by atoms with E-state index in [4.69, 9.17) is 27.6 Å². The summed E-state index contributed by atoms with van der Waals surface area (Å²) in [4.78, 5) is 4.20. The zero-order valence-corrected chi connectivity index (χ0v) is 11.7. The van der Waals surface area contributed by atoms with Crippen LogP contribution in [0.1, 0.15) is 19.7 Å². The second-order valence-electron chi connectivity index (χ2n) is 4.28. The minimum atomic E-state index is 0.384. The smallest absolute Gasteiger partial charge is 0.208 e. The molecule has 96 valence electrons. The van der Waals surface area contributed by atoms with Crippen molar-refractivity contribution < 1.29 is 4.42 Å². The van der Waals surface area contributed by atoms with Crippen molar-refractivity contribution in [3.63, 3.8) is 0 Å². The number of hydrogen-bond donors (Lipinski definition) is 1. The third kappa shape index (κ3) is 3.25. The minimum Gasteiger partial charge on any atom is -0.439 e. The SMILES string of the molecule is CC(C)NCc1ncc(-c2cc(Cl)ccc2Cl)o1. The molecule has 0 saturated heterocycles. The van der Waals surface area contributed by atoms with Crippen LogP contribution in [0.4, 0.5) is 0 Å². The van der Waals surface area contributed by atoms with Crippen molar-refractivity contribution in [2.75, 3.05) is 0 Å². The predicted molar refractivity (Wildman–Crippen MR) is 73.9 cm³/mol. The summed E-state index contributed by atoms with van der Waals surface area (Å²) in [6.07, 6.45) is 1.66. The van der Waals surface area contributed by atoms with E-state index in [9.17, 15) is 0 Å². The van der Waals surface area contributed by atoms with E-state index in [0.29, 0.717) is 34.3 Å². The summed E-state index contributed by atoms with van der Waals surface area (Å²) in [6, 6.07) is 5.64. The molecule has 1 heterocycles. The molecule has 0 spiro atoms. The highest BCUT2D eigenvalue weighted by Crippen LogP contribution is 2.30. The monoisotopic (exact) mass is 284 g/mol. The predicted octanol–water partition coefficient (Wildman–Crippen LogP) is 4.15.